The molecule has 0 aliphatic heterocycles. The van der Waals surface area contributed by atoms with Crippen LogP contribution in [0.1, 0.15) is 11.1 Å². The van der Waals surface area contributed by atoms with E-state index < -0.39 is 13.3 Å². The van der Waals surface area contributed by atoms with E-state index in [1.165, 1.54) is 19.9 Å². The minimum absolute atomic E-state index is 0.931. The molecular formula is C16H18Br2Ge. The minimum atomic E-state index is -2.12. The fourth-order valence-electron chi connectivity index (χ4n) is 2.19. The van der Waals surface area contributed by atoms with E-state index in [1.807, 2.05) is 0 Å². The molecule has 0 fully saturated rings. The third-order valence-electron chi connectivity index (χ3n) is 3.66. The Labute approximate surface area is 135 Å². The van der Waals surface area contributed by atoms with Crippen LogP contribution < -0.4 is 8.79 Å². The van der Waals surface area contributed by atoms with Gasteiger partial charge in [0.15, 0.2) is 0 Å². The molecule has 0 N–H and O–H groups in total. The maximum absolute atomic E-state index is 3.50. The predicted octanol–water partition coefficient (Wildman–Crippen LogP) is 4.30. The molecule has 0 aliphatic rings. The molecule has 0 radical (unpaired) electrons. The molecule has 3 heteroatoms. The normalized spacial score (nSPS) is 11.6. The average molecular weight is 443 g/mol. The average Bonchev–Trinajstić information content (AvgIpc) is 2.47. The third-order valence-corrected chi connectivity index (χ3v) is 12.4. The summed E-state index contributed by atoms with van der Waals surface area (Å²) in [4.78, 5) is 0. The first kappa shape index (κ1) is 15.3. The molecule has 0 aliphatic carbocycles. The number of hydrogen-bond donors (Lipinski definition) is 0. The Morgan fingerprint density at radius 2 is 1.00 bits per heavy atom. The predicted molar refractivity (Wildman–Crippen MR) is 94.9 cm³/mol. The monoisotopic (exact) mass is 442 g/mol. The molecule has 19 heavy (non-hydrogen) atoms. The third kappa shape index (κ3) is 3.53. The van der Waals surface area contributed by atoms with Gasteiger partial charge in [-0.3, -0.25) is 0 Å². The van der Waals surface area contributed by atoms with Crippen LogP contribution >= 0.6 is 31.9 Å². The molecule has 0 heterocycles. The molecule has 0 spiro atoms. The van der Waals surface area contributed by atoms with Gasteiger partial charge in [0.25, 0.3) is 0 Å². The number of halogens is 2. The standard InChI is InChI=1S/C16H18Br2Ge/c1-19(2,15-7-3-13(11-17)4-8-15)16-9-5-14(12-18)6-10-16/h3-10H,11-12H2,1-2H3. The zero-order valence-electron chi connectivity index (χ0n) is 11.3. The van der Waals surface area contributed by atoms with Gasteiger partial charge in [0.1, 0.15) is 0 Å². The van der Waals surface area contributed by atoms with Gasteiger partial charge >= 0.3 is 136 Å². The molecule has 0 saturated carbocycles. The van der Waals surface area contributed by atoms with E-state index >= 15 is 0 Å². The fourth-order valence-corrected chi connectivity index (χ4v) is 7.83. The van der Waals surface area contributed by atoms with Crippen molar-refractivity contribution in [3.8, 4) is 0 Å². The first-order chi connectivity index (χ1) is 9.07. The molecule has 2 aromatic rings. The number of benzene rings is 2. The topological polar surface area (TPSA) is 0 Å². The second-order valence-electron chi connectivity index (χ2n) is 5.29. The Morgan fingerprint density at radius 3 is 1.26 bits per heavy atom. The van der Waals surface area contributed by atoms with E-state index in [0.717, 1.165) is 10.7 Å². The van der Waals surface area contributed by atoms with Gasteiger partial charge in [0, 0.05) is 0 Å². The molecule has 0 unspecified atom stereocenters. The van der Waals surface area contributed by atoms with E-state index in [4.69, 9.17) is 0 Å². The maximum atomic E-state index is 3.50. The van der Waals surface area contributed by atoms with Crippen molar-refractivity contribution in [3.05, 3.63) is 59.7 Å². The van der Waals surface area contributed by atoms with Crippen molar-refractivity contribution in [1.82, 2.24) is 0 Å². The molecule has 0 saturated heterocycles. The molecule has 0 bridgehead atoms. The van der Waals surface area contributed by atoms with Crippen LogP contribution in [0.4, 0.5) is 0 Å². The van der Waals surface area contributed by atoms with Crippen LogP contribution in [-0.2, 0) is 10.7 Å². The summed E-state index contributed by atoms with van der Waals surface area (Å²) in [6.07, 6.45) is 0. The number of rotatable bonds is 4. The molecule has 0 amide bonds. The SMILES string of the molecule is [CH3][Ge]([CH3])([c]1ccc(CBr)cc1)[c]1ccc(CBr)cc1. The first-order valence-electron chi connectivity index (χ1n) is 6.38. The quantitative estimate of drug-likeness (QED) is 0.489. The second-order valence-corrected chi connectivity index (χ2v) is 15.6. The van der Waals surface area contributed by atoms with Gasteiger partial charge in [0.05, 0.1) is 0 Å². The van der Waals surface area contributed by atoms with Crippen LogP contribution in [0.25, 0.3) is 0 Å². The van der Waals surface area contributed by atoms with Crippen LogP contribution in [0.5, 0.6) is 0 Å². The van der Waals surface area contributed by atoms with Gasteiger partial charge in [-0.15, -0.1) is 0 Å². The van der Waals surface area contributed by atoms with E-state index in [0.29, 0.717) is 0 Å². The van der Waals surface area contributed by atoms with E-state index in [-0.39, 0.29) is 0 Å². The fraction of sp³-hybridized carbons (Fsp3) is 0.250. The van der Waals surface area contributed by atoms with Gasteiger partial charge in [-0.05, 0) is 0 Å². The Hall–Kier alpha value is -0.0571. The van der Waals surface area contributed by atoms with Crippen molar-refractivity contribution in [1.29, 1.82) is 0 Å². The van der Waals surface area contributed by atoms with Crippen molar-refractivity contribution >= 4 is 53.9 Å². The Kier molecular flexibility index (Phi) is 5.32. The van der Waals surface area contributed by atoms with Crippen LogP contribution in [0, 0.1) is 0 Å². The van der Waals surface area contributed by atoms with E-state index in [1.54, 1.807) is 0 Å². The van der Waals surface area contributed by atoms with Crippen LogP contribution in [0.3, 0.4) is 0 Å². The molecule has 2 aromatic carbocycles. The second kappa shape index (κ2) is 6.60. The Balaban J connectivity index is 2.33. The summed E-state index contributed by atoms with van der Waals surface area (Å²) in [6, 6.07) is 18.2. The van der Waals surface area contributed by atoms with Gasteiger partial charge in [-0.25, -0.2) is 0 Å². The molecule has 2 rings (SSSR count). The van der Waals surface area contributed by atoms with Gasteiger partial charge in [-0.1, -0.05) is 0 Å². The summed E-state index contributed by atoms with van der Waals surface area (Å²) in [5, 5.41) is 1.86. The molecule has 0 nitrogen and oxygen atoms in total. The summed E-state index contributed by atoms with van der Waals surface area (Å²) in [6.45, 7) is 0. The summed E-state index contributed by atoms with van der Waals surface area (Å²) in [5.41, 5.74) is 2.69. The molecule has 100 valence electrons. The zero-order valence-corrected chi connectivity index (χ0v) is 16.6. The summed E-state index contributed by atoms with van der Waals surface area (Å²) >= 11 is 4.89. The van der Waals surface area contributed by atoms with Crippen molar-refractivity contribution in [3.63, 3.8) is 0 Å². The van der Waals surface area contributed by atoms with Crippen LogP contribution in [0.2, 0.25) is 11.5 Å². The van der Waals surface area contributed by atoms with Crippen LogP contribution in [0.15, 0.2) is 48.5 Å². The van der Waals surface area contributed by atoms with Gasteiger partial charge in [-0.2, -0.15) is 0 Å². The number of alkyl halides is 2. The Bertz CT molecular complexity index is 480. The van der Waals surface area contributed by atoms with Crippen molar-refractivity contribution in [2.75, 3.05) is 0 Å². The first-order valence-corrected chi connectivity index (χ1v) is 14.9. The van der Waals surface area contributed by atoms with Crippen molar-refractivity contribution in [2.45, 2.75) is 22.2 Å². The number of hydrogen-bond acceptors (Lipinski definition) is 0. The van der Waals surface area contributed by atoms with Crippen molar-refractivity contribution < 1.29 is 0 Å². The molecule has 0 aromatic heterocycles. The van der Waals surface area contributed by atoms with E-state index in [9.17, 15) is 0 Å². The zero-order chi connectivity index (χ0) is 13.9. The summed E-state index contributed by atoms with van der Waals surface area (Å²) < 4.78 is 3.08. The van der Waals surface area contributed by atoms with Gasteiger partial charge in [0.2, 0.25) is 0 Å². The van der Waals surface area contributed by atoms with Crippen LogP contribution in [-0.4, -0.2) is 13.3 Å². The molecular weight excluding hydrogens is 425 g/mol. The summed E-state index contributed by atoms with van der Waals surface area (Å²) in [7, 11) is 0. The summed E-state index contributed by atoms with van der Waals surface area (Å²) in [5.74, 6) is 4.93. The molecule has 0 atom stereocenters. The van der Waals surface area contributed by atoms with Crippen molar-refractivity contribution in [2.24, 2.45) is 0 Å². The Morgan fingerprint density at radius 1 is 0.684 bits per heavy atom. The van der Waals surface area contributed by atoms with Gasteiger partial charge < -0.3 is 0 Å². The van der Waals surface area contributed by atoms with E-state index in [2.05, 4.69) is 91.9 Å².